The van der Waals surface area contributed by atoms with E-state index in [-0.39, 0.29) is 5.56 Å². The molecule has 0 aliphatic carbocycles. The van der Waals surface area contributed by atoms with Crippen molar-refractivity contribution in [2.24, 2.45) is 5.73 Å². The van der Waals surface area contributed by atoms with Crippen molar-refractivity contribution in [3.05, 3.63) is 29.1 Å². The highest BCUT2D eigenvalue weighted by Crippen LogP contribution is 2.29. The zero-order valence-corrected chi connectivity index (χ0v) is 7.93. The van der Waals surface area contributed by atoms with Crippen molar-refractivity contribution in [1.82, 2.24) is 0 Å². The number of hydrogen-bond acceptors (Lipinski definition) is 3. The van der Waals surface area contributed by atoms with Crippen LogP contribution in [0.1, 0.15) is 11.6 Å². The summed E-state index contributed by atoms with van der Waals surface area (Å²) >= 11 is 0. The zero-order chi connectivity index (χ0) is 11.6. The van der Waals surface area contributed by atoms with Crippen molar-refractivity contribution in [2.75, 3.05) is 13.7 Å². The number of methoxy groups -OCH3 is 1. The molecule has 0 radical (unpaired) electrons. The van der Waals surface area contributed by atoms with Crippen LogP contribution in [0, 0.1) is 17.5 Å². The van der Waals surface area contributed by atoms with E-state index in [2.05, 4.69) is 4.74 Å². The summed E-state index contributed by atoms with van der Waals surface area (Å²) in [6, 6.07) is -0.511. The molecule has 0 aliphatic heterocycles. The molecule has 0 heterocycles. The predicted octanol–water partition coefficient (Wildman–Crippen LogP) is 1.10. The molecule has 0 saturated carbocycles. The Morgan fingerprint density at radius 3 is 2.47 bits per heavy atom. The summed E-state index contributed by atoms with van der Waals surface area (Å²) in [4.78, 5) is 0. The minimum Gasteiger partial charge on any atom is -0.491 e. The van der Waals surface area contributed by atoms with Crippen molar-refractivity contribution in [3.8, 4) is 5.75 Å². The summed E-state index contributed by atoms with van der Waals surface area (Å²) in [5.41, 5.74) is 4.98. The summed E-state index contributed by atoms with van der Waals surface area (Å²) in [5.74, 6) is -4.62. The first kappa shape index (κ1) is 11.8. The van der Waals surface area contributed by atoms with Crippen LogP contribution in [0.15, 0.2) is 6.07 Å². The van der Waals surface area contributed by atoms with Crippen LogP contribution >= 0.6 is 0 Å². The fraction of sp³-hybridized carbons (Fsp3) is 0.333. The van der Waals surface area contributed by atoms with Crippen LogP contribution in [0.25, 0.3) is 0 Å². The van der Waals surface area contributed by atoms with E-state index in [1.54, 1.807) is 0 Å². The molecule has 3 nitrogen and oxygen atoms in total. The lowest BCUT2D eigenvalue weighted by Gasteiger charge is -2.13. The van der Waals surface area contributed by atoms with Gasteiger partial charge >= 0.3 is 0 Å². The van der Waals surface area contributed by atoms with Crippen LogP contribution in [0.3, 0.4) is 0 Å². The van der Waals surface area contributed by atoms with E-state index >= 15 is 0 Å². The normalized spacial score (nSPS) is 12.7. The molecular weight excluding hydrogens is 211 g/mol. The zero-order valence-electron chi connectivity index (χ0n) is 7.93. The average molecular weight is 221 g/mol. The van der Waals surface area contributed by atoms with Gasteiger partial charge in [0.25, 0.3) is 0 Å². The molecule has 1 atom stereocenters. The number of nitrogens with two attached hydrogens (primary N) is 1. The Morgan fingerprint density at radius 1 is 1.40 bits per heavy atom. The van der Waals surface area contributed by atoms with Crippen molar-refractivity contribution in [1.29, 1.82) is 0 Å². The molecule has 6 heteroatoms. The van der Waals surface area contributed by atoms with Crippen LogP contribution < -0.4 is 10.5 Å². The average Bonchev–Trinajstić information content (AvgIpc) is 2.23. The lowest BCUT2D eigenvalue weighted by molar-refractivity contribution is 0.262. The van der Waals surface area contributed by atoms with Gasteiger partial charge in [-0.25, -0.2) is 8.78 Å². The van der Waals surface area contributed by atoms with Gasteiger partial charge in [-0.15, -0.1) is 0 Å². The number of ether oxygens (including phenoxy) is 1. The third-order valence-electron chi connectivity index (χ3n) is 1.94. The van der Waals surface area contributed by atoms with E-state index in [4.69, 9.17) is 10.8 Å². The Labute approximate surface area is 84.3 Å². The van der Waals surface area contributed by atoms with Gasteiger partial charge < -0.3 is 15.6 Å². The molecule has 0 saturated heterocycles. The van der Waals surface area contributed by atoms with Crippen LogP contribution in [0.2, 0.25) is 0 Å². The van der Waals surface area contributed by atoms with Gasteiger partial charge in [0.1, 0.15) is 0 Å². The van der Waals surface area contributed by atoms with Gasteiger partial charge in [-0.2, -0.15) is 4.39 Å². The molecule has 0 spiro atoms. The second-order valence-corrected chi connectivity index (χ2v) is 2.90. The van der Waals surface area contributed by atoms with E-state index in [1.807, 2.05) is 0 Å². The number of benzene rings is 1. The summed E-state index contributed by atoms with van der Waals surface area (Å²) in [6.45, 7) is -0.578. The molecule has 1 aromatic carbocycles. The molecule has 0 bridgehead atoms. The monoisotopic (exact) mass is 221 g/mol. The Hall–Kier alpha value is -1.27. The number of rotatable bonds is 3. The van der Waals surface area contributed by atoms with Gasteiger partial charge in [-0.05, 0) is 6.07 Å². The molecule has 0 aromatic heterocycles. The van der Waals surface area contributed by atoms with E-state index in [9.17, 15) is 13.2 Å². The molecule has 1 rings (SSSR count). The lowest BCUT2D eigenvalue weighted by Crippen LogP contribution is -2.17. The SMILES string of the molecule is COc1c(F)c(F)cc([C@H](N)CO)c1F. The highest BCUT2D eigenvalue weighted by atomic mass is 19.2. The second kappa shape index (κ2) is 4.50. The third-order valence-corrected chi connectivity index (χ3v) is 1.94. The maximum Gasteiger partial charge on any atom is 0.203 e. The Kier molecular flexibility index (Phi) is 3.54. The molecular formula is C9H10F3NO2. The van der Waals surface area contributed by atoms with Gasteiger partial charge in [0.05, 0.1) is 19.8 Å². The molecule has 0 fully saturated rings. The highest BCUT2D eigenvalue weighted by Gasteiger charge is 2.22. The molecule has 15 heavy (non-hydrogen) atoms. The highest BCUT2D eigenvalue weighted by molar-refractivity contribution is 5.35. The van der Waals surface area contributed by atoms with Crippen molar-refractivity contribution >= 4 is 0 Å². The number of halogens is 3. The van der Waals surface area contributed by atoms with Crippen molar-refractivity contribution < 1.29 is 23.0 Å². The molecule has 0 unspecified atom stereocenters. The first-order chi connectivity index (χ1) is 7.02. The number of hydrogen-bond donors (Lipinski definition) is 2. The molecule has 3 N–H and O–H groups in total. The van der Waals surface area contributed by atoms with Crippen LogP contribution in [0.4, 0.5) is 13.2 Å². The molecule has 1 aromatic rings. The van der Waals surface area contributed by atoms with Gasteiger partial charge in [-0.1, -0.05) is 0 Å². The first-order valence-electron chi connectivity index (χ1n) is 4.10. The van der Waals surface area contributed by atoms with E-state index in [1.165, 1.54) is 0 Å². The van der Waals surface area contributed by atoms with Gasteiger partial charge in [0, 0.05) is 5.56 Å². The topological polar surface area (TPSA) is 55.5 Å². The quantitative estimate of drug-likeness (QED) is 0.751. The molecule has 0 amide bonds. The lowest BCUT2D eigenvalue weighted by atomic mass is 10.1. The summed E-state index contributed by atoms with van der Waals surface area (Å²) in [7, 11) is 1.01. The minimum absolute atomic E-state index is 0.326. The van der Waals surface area contributed by atoms with Gasteiger partial charge in [0.2, 0.25) is 5.82 Å². The van der Waals surface area contributed by atoms with E-state index in [0.717, 1.165) is 7.11 Å². The second-order valence-electron chi connectivity index (χ2n) is 2.90. The number of aliphatic hydroxyl groups is 1. The third kappa shape index (κ3) is 2.05. The largest absolute Gasteiger partial charge is 0.491 e. The molecule has 0 aliphatic rings. The Bertz CT molecular complexity index is 371. The summed E-state index contributed by atoms with van der Waals surface area (Å²) in [6.07, 6.45) is 0. The minimum atomic E-state index is -1.41. The predicted molar refractivity (Wildman–Crippen MR) is 46.9 cm³/mol. The standard InChI is InChI=1S/C9H10F3NO2/c1-15-9-7(11)4(6(13)3-14)2-5(10)8(9)12/h2,6,14H,3,13H2,1H3/t6-/m1/s1. The van der Waals surface area contributed by atoms with E-state index in [0.29, 0.717) is 6.07 Å². The Morgan fingerprint density at radius 2 is 2.00 bits per heavy atom. The van der Waals surface area contributed by atoms with Crippen molar-refractivity contribution in [2.45, 2.75) is 6.04 Å². The summed E-state index contributed by atoms with van der Waals surface area (Å²) in [5, 5.41) is 8.69. The maximum absolute atomic E-state index is 13.4. The van der Waals surface area contributed by atoms with Crippen LogP contribution in [0.5, 0.6) is 5.75 Å². The van der Waals surface area contributed by atoms with E-state index < -0.39 is 35.8 Å². The Balaban J connectivity index is 3.36. The first-order valence-corrected chi connectivity index (χ1v) is 4.10. The smallest absolute Gasteiger partial charge is 0.203 e. The number of aliphatic hydroxyl groups excluding tert-OH is 1. The van der Waals surface area contributed by atoms with Gasteiger partial charge in [-0.3, -0.25) is 0 Å². The summed E-state index contributed by atoms with van der Waals surface area (Å²) < 4.78 is 43.7. The van der Waals surface area contributed by atoms with Gasteiger partial charge in [0.15, 0.2) is 17.4 Å². The molecule has 84 valence electrons. The maximum atomic E-state index is 13.4. The fourth-order valence-electron chi connectivity index (χ4n) is 1.15. The van der Waals surface area contributed by atoms with Crippen molar-refractivity contribution in [3.63, 3.8) is 0 Å². The fourth-order valence-corrected chi connectivity index (χ4v) is 1.15. The van der Waals surface area contributed by atoms with Crippen LogP contribution in [-0.4, -0.2) is 18.8 Å². The van der Waals surface area contributed by atoms with Crippen LogP contribution in [-0.2, 0) is 0 Å².